The van der Waals surface area contributed by atoms with Crippen LogP contribution in [0.4, 0.5) is 0 Å². The van der Waals surface area contributed by atoms with Crippen LogP contribution < -0.4 is 10.6 Å². The lowest BCUT2D eigenvalue weighted by Crippen LogP contribution is -2.52. The molecule has 2 atom stereocenters. The fraction of sp³-hybridized carbons (Fsp3) is 0.524. The van der Waals surface area contributed by atoms with Gasteiger partial charge in [0.25, 0.3) is 0 Å². The maximum Gasteiger partial charge on any atom is 0.392 e. The van der Waals surface area contributed by atoms with Gasteiger partial charge in [0.15, 0.2) is 0 Å². The van der Waals surface area contributed by atoms with E-state index in [1.54, 1.807) is 52.0 Å². The van der Waals surface area contributed by atoms with Gasteiger partial charge in [-0.05, 0) is 45.7 Å². The van der Waals surface area contributed by atoms with Crippen molar-refractivity contribution in [3.63, 3.8) is 0 Å². The minimum absolute atomic E-state index is 0.135. The Morgan fingerprint density at radius 2 is 1.32 bits per heavy atom. The van der Waals surface area contributed by atoms with Crippen molar-refractivity contribution >= 4 is 23.6 Å². The first-order valence-corrected chi connectivity index (χ1v) is 10.2. The van der Waals surface area contributed by atoms with Gasteiger partial charge in [-0.15, -0.1) is 0 Å². The molecule has 0 aliphatic rings. The summed E-state index contributed by atoms with van der Waals surface area (Å²) in [5, 5.41) is 27.3. The molecule has 1 rings (SSSR count). The van der Waals surface area contributed by atoms with Crippen molar-refractivity contribution in [2.45, 2.75) is 64.7 Å². The Labute approximate surface area is 195 Å². The van der Waals surface area contributed by atoms with Crippen LogP contribution in [-0.4, -0.2) is 52.1 Å². The first-order chi connectivity index (χ1) is 15.5. The number of Topliss-reactive ketones (excluding diaryl/α,β-unsaturated/α-hetero) is 1. The Morgan fingerprint density at radius 1 is 0.912 bits per heavy atom. The van der Waals surface area contributed by atoms with Crippen LogP contribution in [0, 0.1) is 20.2 Å². The minimum atomic E-state index is -2.25. The number of nitrogens with one attached hydrogen (secondary N) is 2. The molecule has 0 aromatic heterocycles. The fourth-order valence-electron chi connectivity index (χ4n) is 3.13. The van der Waals surface area contributed by atoms with Crippen molar-refractivity contribution in [2.24, 2.45) is 0 Å². The maximum atomic E-state index is 12.5. The zero-order chi connectivity index (χ0) is 26.4. The Bertz CT molecular complexity index is 990. The summed E-state index contributed by atoms with van der Waals surface area (Å²) in [6.45, 7) is 8.50. The molecule has 0 aliphatic heterocycles. The van der Waals surface area contributed by atoms with E-state index in [0.717, 1.165) is 6.92 Å². The number of amides is 2. The van der Waals surface area contributed by atoms with Crippen molar-refractivity contribution < 1.29 is 33.8 Å². The Balaban J connectivity index is 3.20. The smallest absolute Gasteiger partial charge is 0.392 e. The lowest BCUT2D eigenvalue weighted by molar-refractivity contribution is -0.496. The summed E-state index contributed by atoms with van der Waals surface area (Å²) >= 11 is 0. The van der Waals surface area contributed by atoms with Gasteiger partial charge in [0.1, 0.15) is 0 Å². The van der Waals surface area contributed by atoms with Gasteiger partial charge in [-0.25, -0.2) is 4.79 Å². The molecule has 0 fully saturated rings. The molecule has 2 amide bonds. The van der Waals surface area contributed by atoms with Gasteiger partial charge >= 0.3 is 29.9 Å². The predicted molar refractivity (Wildman–Crippen MR) is 118 cm³/mol. The number of hydrogen-bond acceptors (Lipinski definition) is 9. The molecule has 0 saturated heterocycles. The molecule has 2 N–H and O–H groups in total. The molecular formula is C21H28N4O9. The topological polar surface area (TPSA) is 188 Å². The number of esters is 1. The highest BCUT2D eigenvalue weighted by Gasteiger charge is 2.42. The average molecular weight is 480 g/mol. The number of carbonyl (C=O) groups is 4. The Hall–Kier alpha value is -3.90. The van der Waals surface area contributed by atoms with Crippen LogP contribution in [0.25, 0.3) is 0 Å². The zero-order valence-electron chi connectivity index (χ0n) is 19.7. The molecule has 0 spiro atoms. The third-order valence-corrected chi connectivity index (χ3v) is 4.99. The van der Waals surface area contributed by atoms with Crippen molar-refractivity contribution in [1.82, 2.24) is 10.6 Å². The molecule has 13 nitrogen and oxygen atoms in total. The van der Waals surface area contributed by atoms with Gasteiger partial charge in [0.05, 0.1) is 17.7 Å². The number of benzene rings is 1. The highest BCUT2D eigenvalue weighted by molar-refractivity contribution is 6.03. The number of nitrogens with zero attached hydrogens (tertiary/aromatic N) is 2. The van der Waals surface area contributed by atoms with E-state index in [2.05, 4.69) is 15.4 Å². The molecule has 0 aliphatic carbocycles. The first-order valence-electron chi connectivity index (χ1n) is 10.2. The monoisotopic (exact) mass is 480 g/mol. The summed E-state index contributed by atoms with van der Waals surface area (Å²) in [5.74, 6) is -4.45. The Morgan fingerprint density at radius 3 is 1.68 bits per heavy atom. The Kier molecular flexibility index (Phi) is 8.95. The fourth-order valence-corrected chi connectivity index (χ4v) is 3.13. The molecule has 186 valence electrons. The summed E-state index contributed by atoms with van der Waals surface area (Å²) in [6.07, 6.45) is 0. The number of hydrogen-bond donors (Lipinski definition) is 2. The van der Waals surface area contributed by atoms with Crippen molar-refractivity contribution in [3.05, 3.63) is 55.6 Å². The summed E-state index contributed by atoms with van der Waals surface area (Å²) in [6, 6.07) is 2.11. The van der Waals surface area contributed by atoms with E-state index in [0.29, 0.717) is 11.1 Å². The predicted octanol–water partition coefficient (Wildman–Crippen LogP) is 0.832. The number of carbonyl (C=O) groups excluding carboxylic acids is 4. The quantitative estimate of drug-likeness (QED) is 0.200. The summed E-state index contributed by atoms with van der Waals surface area (Å²) in [4.78, 5) is 68.6. The first kappa shape index (κ1) is 28.1. The van der Waals surface area contributed by atoms with Crippen LogP contribution in [0.1, 0.15) is 52.7 Å². The summed E-state index contributed by atoms with van der Waals surface area (Å²) in [7, 11) is 0. The zero-order valence-corrected chi connectivity index (χ0v) is 19.7. The summed E-state index contributed by atoms with van der Waals surface area (Å²) in [5.41, 5.74) is -1.42. The van der Waals surface area contributed by atoms with Gasteiger partial charge in [0.2, 0.25) is 5.78 Å². The molecule has 34 heavy (non-hydrogen) atoms. The number of rotatable bonds is 11. The van der Waals surface area contributed by atoms with Crippen LogP contribution in [0.3, 0.4) is 0 Å². The third kappa shape index (κ3) is 6.80. The molecular weight excluding hydrogens is 452 g/mol. The van der Waals surface area contributed by atoms with Gasteiger partial charge in [-0.3, -0.25) is 34.6 Å². The minimum Gasteiger partial charge on any atom is -0.460 e. The molecule has 0 bridgehead atoms. The molecule has 0 saturated carbocycles. The third-order valence-electron chi connectivity index (χ3n) is 4.99. The van der Waals surface area contributed by atoms with E-state index in [-0.39, 0.29) is 6.61 Å². The van der Waals surface area contributed by atoms with Crippen LogP contribution in [0.15, 0.2) is 24.3 Å². The SMILES string of the molecule is CCOC(=O)C(C(=O)NC(C)(C)c1cccc(C(C)(C)NC(=O)C(C(C)=O)[N+](=O)[O-])c1)[N+](=O)[O-]. The van der Waals surface area contributed by atoms with Crippen LogP contribution in [0.2, 0.25) is 0 Å². The molecule has 0 heterocycles. The maximum absolute atomic E-state index is 12.5. The average Bonchev–Trinajstić information content (AvgIpc) is 2.66. The van der Waals surface area contributed by atoms with E-state index in [9.17, 15) is 39.4 Å². The highest BCUT2D eigenvalue weighted by atomic mass is 16.6. The van der Waals surface area contributed by atoms with E-state index >= 15 is 0 Å². The van der Waals surface area contributed by atoms with Crippen molar-refractivity contribution in [1.29, 1.82) is 0 Å². The number of nitro groups is 2. The molecule has 1 aromatic carbocycles. The van der Waals surface area contributed by atoms with Gasteiger partial charge in [0, 0.05) is 16.8 Å². The van der Waals surface area contributed by atoms with Gasteiger partial charge in [-0.2, -0.15) is 0 Å². The molecule has 0 radical (unpaired) electrons. The normalized spacial score (nSPS) is 13.2. The second-order valence-corrected chi connectivity index (χ2v) is 8.55. The molecule has 2 unspecified atom stereocenters. The van der Waals surface area contributed by atoms with Crippen LogP contribution in [-0.2, 0) is 35.0 Å². The van der Waals surface area contributed by atoms with E-state index in [4.69, 9.17) is 0 Å². The van der Waals surface area contributed by atoms with Crippen molar-refractivity contribution in [3.8, 4) is 0 Å². The summed E-state index contributed by atoms with van der Waals surface area (Å²) < 4.78 is 4.61. The lowest BCUT2D eigenvalue weighted by atomic mass is 9.87. The molecule has 1 aromatic rings. The van der Waals surface area contributed by atoms with E-state index < -0.39 is 56.6 Å². The lowest BCUT2D eigenvalue weighted by Gasteiger charge is -2.31. The van der Waals surface area contributed by atoms with Gasteiger partial charge in [-0.1, -0.05) is 24.3 Å². The molecule has 13 heteroatoms. The van der Waals surface area contributed by atoms with Crippen molar-refractivity contribution in [2.75, 3.05) is 6.61 Å². The van der Waals surface area contributed by atoms with Gasteiger partial charge < -0.3 is 15.4 Å². The number of ether oxygens (including phenoxy) is 1. The highest BCUT2D eigenvalue weighted by Crippen LogP contribution is 2.27. The second kappa shape index (κ2) is 10.8. The number of ketones is 1. The van der Waals surface area contributed by atoms with Crippen LogP contribution in [0.5, 0.6) is 0 Å². The van der Waals surface area contributed by atoms with E-state index in [1.807, 2.05) is 0 Å². The van der Waals surface area contributed by atoms with E-state index in [1.165, 1.54) is 6.92 Å². The second-order valence-electron chi connectivity index (χ2n) is 8.55. The largest absolute Gasteiger partial charge is 0.460 e. The standard InChI is InChI=1S/C21H28N4O9/c1-7-34-19(29)16(25(32)33)18(28)23-21(5,6)14-10-8-9-13(11-14)20(3,4)22-17(27)15(12(2)26)24(30)31/h8-11,15-16H,7H2,1-6H3,(H,22,27)(H,23,28). The van der Waals surface area contributed by atoms with Crippen LogP contribution >= 0.6 is 0 Å².